The lowest BCUT2D eigenvalue weighted by atomic mass is 10.0. The van der Waals surface area contributed by atoms with E-state index < -0.39 is 0 Å². The number of nitrogens with one attached hydrogen (secondary N) is 1. The molecule has 3 rings (SSSR count). The fourth-order valence-corrected chi connectivity index (χ4v) is 3.19. The average molecular weight is 312 g/mol. The van der Waals surface area contributed by atoms with Crippen molar-refractivity contribution in [3.05, 3.63) is 54.1 Å². The van der Waals surface area contributed by atoms with E-state index in [9.17, 15) is 4.79 Å². The van der Waals surface area contributed by atoms with E-state index in [0.717, 1.165) is 31.9 Å². The molecule has 0 radical (unpaired) electrons. The number of rotatable bonds is 5. The molecule has 1 aliphatic rings. The molecule has 5 nitrogen and oxygen atoms in total. The first-order chi connectivity index (χ1) is 11.3. The second-order valence-corrected chi connectivity index (χ2v) is 5.86. The van der Waals surface area contributed by atoms with Crippen molar-refractivity contribution in [1.82, 2.24) is 19.8 Å². The van der Waals surface area contributed by atoms with Gasteiger partial charge < -0.3 is 14.8 Å². The van der Waals surface area contributed by atoms with Gasteiger partial charge in [0.1, 0.15) is 5.82 Å². The SMILES string of the molecule is CCc1nccn1CCC(=O)N1CCNC[C@H]1c1ccccc1. The Labute approximate surface area is 137 Å². The van der Waals surface area contributed by atoms with E-state index in [1.165, 1.54) is 5.56 Å². The van der Waals surface area contributed by atoms with Crippen molar-refractivity contribution < 1.29 is 4.79 Å². The highest BCUT2D eigenvalue weighted by atomic mass is 16.2. The van der Waals surface area contributed by atoms with Crippen LogP contribution in [0, 0.1) is 0 Å². The van der Waals surface area contributed by atoms with Crippen molar-refractivity contribution in [3.8, 4) is 0 Å². The van der Waals surface area contributed by atoms with Gasteiger partial charge in [-0.1, -0.05) is 37.3 Å². The van der Waals surface area contributed by atoms with Crippen LogP contribution in [0.3, 0.4) is 0 Å². The minimum absolute atomic E-state index is 0.130. The summed E-state index contributed by atoms with van der Waals surface area (Å²) in [5.74, 6) is 1.26. The number of aromatic nitrogens is 2. The van der Waals surface area contributed by atoms with Crippen LogP contribution in [-0.4, -0.2) is 40.0 Å². The van der Waals surface area contributed by atoms with Crippen LogP contribution in [0.1, 0.15) is 30.8 Å². The minimum atomic E-state index is 0.130. The maximum atomic E-state index is 12.7. The Bertz CT molecular complexity index is 637. The first-order valence-electron chi connectivity index (χ1n) is 8.34. The number of hydrogen-bond acceptors (Lipinski definition) is 3. The molecule has 2 heterocycles. The molecule has 0 bridgehead atoms. The lowest BCUT2D eigenvalue weighted by Gasteiger charge is -2.36. The zero-order valence-electron chi connectivity index (χ0n) is 13.6. The van der Waals surface area contributed by atoms with Crippen LogP contribution in [-0.2, 0) is 17.8 Å². The van der Waals surface area contributed by atoms with E-state index in [1.54, 1.807) is 6.20 Å². The Hall–Kier alpha value is -2.14. The van der Waals surface area contributed by atoms with Crippen molar-refractivity contribution in [3.63, 3.8) is 0 Å². The second kappa shape index (κ2) is 7.42. The lowest BCUT2D eigenvalue weighted by molar-refractivity contribution is -0.134. The number of aryl methyl sites for hydroxylation is 2. The molecule has 1 amide bonds. The Morgan fingerprint density at radius 1 is 1.35 bits per heavy atom. The highest BCUT2D eigenvalue weighted by molar-refractivity contribution is 5.76. The Balaban J connectivity index is 1.67. The third kappa shape index (κ3) is 3.62. The third-order valence-corrected chi connectivity index (χ3v) is 4.43. The van der Waals surface area contributed by atoms with E-state index in [-0.39, 0.29) is 11.9 Å². The van der Waals surface area contributed by atoms with Crippen LogP contribution in [0.5, 0.6) is 0 Å². The van der Waals surface area contributed by atoms with Gasteiger partial charge in [-0.15, -0.1) is 0 Å². The summed E-state index contributed by atoms with van der Waals surface area (Å²) in [6, 6.07) is 10.4. The van der Waals surface area contributed by atoms with E-state index in [1.807, 2.05) is 29.3 Å². The summed E-state index contributed by atoms with van der Waals surface area (Å²) < 4.78 is 2.08. The molecule has 122 valence electrons. The normalized spacial score (nSPS) is 18.1. The summed E-state index contributed by atoms with van der Waals surface area (Å²) in [6.45, 7) is 5.24. The number of amides is 1. The predicted octanol–water partition coefficient (Wildman–Crippen LogP) is 2.01. The van der Waals surface area contributed by atoms with Gasteiger partial charge in [-0.3, -0.25) is 4.79 Å². The summed E-state index contributed by atoms with van der Waals surface area (Å²) in [5, 5.41) is 3.40. The standard InChI is InChI=1S/C18H24N4O/c1-2-17-20-10-12-21(17)11-8-18(23)22-13-9-19-14-16(22)15-6-4-3-5-7-15/h3-7,10,12,16,19H,2,8-9,11,13-14H2,1H3/t16-/m0/s1. The number of carbonyl (C=O) groups excluding carboxylic acids is 1. The first-order valence-corrected chi connectivity index (χ1v) is 8.34. The van der Waals surface area contributed by atoms with Gasteiger partial charge in [0.2, 0.25) is 5.91 Å². The molecular formula is C18H24N4O. The van der Waals surface area contributed by atoms with E-state index in [2.05, 4.69) is 33.9 Å². The number of carbonyl (C=O) groups is 1. The molecule has 1 aromatic heterocycles. The molecule has 1 fully saturated rings. The third-order valence-electron chi connectivity index (χ3n) is 4.43. The van der Waals surface area contributed by atoms with Crippen LogP contribution in [0.2, 0.25) is 0 Å². The molecule has 1 saturated heterocycles. The van der Waals surface area contributed by atoms with Crippen LogP contribution in [0.15, 0.2) is 42.7 Å². The predicted molar refractivity (Wildman–Crippen MR) is 90.0 cm³/mol. The minimum Gasteiger partial charge on any atom is -0.334 e. The number of piperazine rings is 1. The summed E-state index contributed by atoms with van der Waals surface area (Å²) in [7, 11) is 0. The molecule has 0 unspecified atom stereocenters. The fourth-order valence-electron chi connectivity index (χ4n) is 3.19. The molecule has 1 N–H and O–H groups in total. The van der Waals surface area contributed by atoms with E-state index >= 15 is 0 Å². The molecule has 1 atom stereocenters. The van der Waals surface area contributed by atoms with Crippen molar-refractivity contribution in [2.24, 2.45) is 0 Å². The zero-order valence-corrected chi connectivity index (χ0v) is 13.6. The van der Waals surface area contributed by atoms with Gasteiger partial charge >= 0.3 is 0 Å². The summed E-state index contributed by atoms with van der Waals surface area (Å²) >= 11 is 0. The lowest BCUT2D eigenvalue weighted by Crippen LogP contribution is -2.48. The van der Waals surface area contributed by atoms with Gasteiger partial charge in [0.25, 0.3) is 0 Å². The average Bonchev–Trinajstić information content (AvgIpc) is 3.08. The summed E-state index contributed by atoms with van der Waals surface area (Å²) in [4.78, 5) is 19.1. The van der Waals surface area contributed by atoms with Crippen LogP contribution in [0.4, 0.5) is 0 Å². The van der Waals surface area contributed by atoms with Crippen LogP contribution >= 0.6 is 0 Å². The molecule has 0 saturated carbocycles. The fraction of sp³-hybridized carbons (Fsp3) is 0.444. The highest BCUT2D eigenvalue weighted by Gasteiger charge is 2.27. The van der Waals surface area contributed by atoms with Gasteiger partial charge in [-0.05, 0) is 5.56 Å². The number of imidazole rings is 1. The maximum Gasteiger partial charge on any atom is 0.224 e. The zero-order chi connectivity index (χ0) is 16.1. The summed E-state index contributed by atoms with van der Waals surface area (Å²) in [6.07, 6.45) is 5.17. The van der Waals surface area contributed by atoms with Crippen molar-refractivity contribution in [2.45, 2.75) is 32.4 Å². The van der Waals surface area contributed by atoms with Gasteiger partial charge in [0.15, 0.2) is 0 Å². The monoisotopic (exact) mass is 312 g/mol. The van der Waals surface area contributed by atoms with Crippen LogP contribution in [0.25, 0.3) is 0 Å². The molecule has 1 aromatic carbocycles. The molecular weight excluding hydrogens is 288 g/mol. The van der Waals surface area contributed by atoms with Gasteiger partial charge in [-0.2, -0.15) is 0 Å². The van der Waals surface area contributed by atoms with E-state index in [0.29, 0.717) is 13.0 Å². The first kappa shape index (κ1) is 15.7. The summed E-state index contributed by atoms with van der Waals surface area (Å²) in [5.41, 5.74) is 1.20. The number of hydrogen-bond donors (Lipinski definition) is 1. The number of nitrogens with zero attached hydrogens (tertiary/aromatic N) is 3. The molecule has 1 aliphatic heterocycles. The second-order valence-electron chi connectivity index (χ2n) is 5.86. The quantitative estimate of drug-likeness (QED) is 0.919. The Morgan fingerprint density at radius 2 is 2.17 bits per heavy atom. The van der Waals surface area contributed by atoms with Crippen molar-refractivity contribution >= 4 is 5.91 Å². The van der Waals surface area contributed by atoms with Gasteiger partial charge in [0, 0.05) is 51.4 Å². The van der Waals surface area contributed by atoms with Gasteiger partial charge in [0.05, 0.1) is 6.04 Å². The highest BCUT2D eigenvalue weighted by Crippen LogP contribution is 2.22. The molecule has 23 heavy (non-hydrogen) atoms. The van der Waals surface area contributed by atoms with Crippen molar-refractivity contribution in [1.29, 1.82) is 0 Å². The Morgan fingerprint density at radius 3 is 2.96 bits per heavy atom. The van der Waals surface area contributed by atoms with Crippen molar-refractivity contribution in [2.75, 3.05) is 19.6 Å². The maximum absolute atomic E-state index is 12.7. The largest absolute Gasteiger partial charge is 0.334 e. The number of benzene rings is 1. The molecule has 2 aromatic rings. The molecule has 0 aliphatic carbocycles. The molecule has 0 spiro atoms. The van der Waals surface area contributed by atoms with E-state index in [4.69, 9.17) is 0 Å². The molecule has 5 heteroatoms. The van der Waals surface area contributed by atoms with Gasteiger partial charge in [-0.25, -0.2) is 4.98 Å². The van der Waals surface area contributed by atoms with Crippen LogP contribution < -0.4 is 5.32 Å². The Kier molecular flexibility index (Phi) is 5.08. The topological polar surface area (TPSA) is 50.2 Å². The smallest absolute Gasteiger partial charge is 0.224 e.